The van der Waals surface area contributed by atoms with Gasteiger partial charge in [0.1, 0.15) is 5.82 Å². The SMILES string of the molecule is Cc1cccc(C(=O)CSc2ccccc2F)c1C. The first-order chi connectivity index (χ1) is 9.09. The third-order valence-electron chi connectivity index (χ3n) is 3.10. The molecule has 0 aliphatic heterocycles. The second-order valence-electron chi connectivity index (χ2n) is 4.39. The number of carbonyl (C=O) groups is 1. The van der Waals surface area contributed by atoms with Gasteiger partial charge in [-0.1, -0.05) is 30.3 Å². The van der Waals surface area contributed by atoms with E-state index in [1.807, 2.05) is 32.0 Å². The predicted octanol–water partition coefficient (Wildman–Crippen LogP) is 4.42. The molecule has 2 aromatic rings. The van der Waals surface area contributed by atoms with Crippen molar-refractivity contribution in [3.63, 3.8) is 0 Å². The smallest absolute Gasteiger partial charge is 0.173 e. The quantitative estimate of drug-likeness (QED) is 0.606. The van der Waals surface area contributed by atoms with E-state index in [1.54, 1.807) is 18.2 Å². The number of rotatable bonds is 4. The van der Waals surface area contributed by atoms with Gasteiger partial charge in [-0.25, -0.2) is 4.39 Å². The van der Waals surface area contributed by atoms with Gasteiger partial charge in [0.15, 0.2) is 5.78 Å². The monoisotopic (exact) mass is 274 g/mol. The van der Waals surface area contributed by atoms with Crippen LogP contribution in [0, 0.1) is 19.7 Å². The van der Waals surface area contributed by atoms with Crippen LogP contribution < -0.4 is 0 Å². The highest BCUT2D eigenvalue weighted by Gasteiger charge is 2.11. The van der Waals surface area contributed by atoms with E-state index in [0.29, 0.717) is 4.90 Å². The third-order valence-corrected chi connectivity index (χ3v) is 4.15. The molecule has 0 spiro atoms. The number of benzene rings is 2. The molecule has 0 aliphatic carbocycles. The Hall–Kier alpha value is -1.61. The number of ketones is 1. The summed E-state index contributed by atoms with van der Waals surface area (Å²) in [6.45, 7) is 3.92. The molecule has 0 bridgehead atoms. The van der Waals surface area contributed by atoms with Crippen LogP contribution in [-0.4, -0.2) is 11.5 Å². The Labute approximate surface area is 116 Å². The first-order valence-corrected chi connectivity index (χ1v) is 7.05. The van der Waals surface area contributed by atoms with Gasteiger partial charge in [0.05, 0.1) is 5.75 Å². The van der Waals surface area contributed by atoms with Crippen LogP contribution in [0.2, 0.25) is 0 Å². The van der Waals surface area contributed by atoms with E-state index < -0.39 is 0 Å². The Morgan fingerprint density at radius 3 is 2.58 bits per heavy atom. The van der Waals surface area contributed by atoms with Crippen LogP contribution in [0.25, 0.3) is 0 Å². The average Bonchev–Trinajstić information content (AvgIpc) is 2.40. The maximum Gasteiger partial charge on any atom is 0.173 e. The molecule has 19 heavy (non-hydrogen) atoms. The van der Waals surface area contributed by atoms with Gasteiger partial charge < -0.3 is 0 Å². The summed E-state index contributed by atoms with van der Waals surface area (Å²) in [6.07, 6.45) is 0. The maximum atomic E-state index is 13.5. The van der Waals surface area contributed by atoms with Gasteiger partial charge in [0.25, 0.3) is 0 Å². The van der Waals surface area contributed by atoms with E-state index in [1.165, 1.54) is 17.8 Å². The Balaban J connectivity index is 2.10. The van der Waals surface area contributed by atoms with Crippen molar-refractivity contribution in [2.24, 2.45) is 0 Å². The molecule has 0 saturated carbocycles. The summed E-state index contributed by atoms with van der Waals surface area (Å²) in [5.74, 6) is 0.0151. The number of halogens is 1. The van der Waals surface area contributed by atoms with Gasteiger partial charge >= 0.3 is 0 Å². The molecule has 0 saturated heterocycles. The van der Waals surface area contributed by atoms with E-state index in [-0.39, 0.29) is 17.4 Å². The van der Waals surface area contributed by atoms with Crippen molar-refractivity contribution >= 4 is 17.5 Å². The lowest BCUT2D eigenvalue weighted by molar-refractivity contribution is 0.102. The largest absolute Gasteiger partial charge is 0.293 e. The standard InChI is InChI=1S/C16H15FOS/c1-11-6-5-7-13(12(11)2)15(18)10-19-16-9-4-3-8-14(16)17/h3-9H,10H2,1-2H3. The summed E-state index contributed by atoms with van der Waals surface area (Å²) in [6, 6.07) is 12.2. The van der Waals surface area contributed by atoms with Crippen molar-refractivity contribution in [1.29, 1.82) is 0 Å². The molecule has 0 N–H and O–H groups in total. The molecule has 3 heteroatoms. The van der Waals surface area contributed by atoms with Crippen molar-refractivity contribution in [3.05, 3.63) is 65.0 Å². The van der Waals surface area contributed by atoms with Crippen LogP contribution in [0.5, 0.6) is 0 Å². The molecular formula is C16H15FOS. The second kappa shape index (κ2) is 6.02. The summed E-state index contributed by atoms with van der Waals surface area (Å²) >= 11 is 1.24. The zero-order valence-corrected chi connectivity index (χ0v) is 11.8. The fourth-order valence-electron chi connectivity index (χ4n) is 1.84. The number of aryl methyl sites for hydroxylation is 1. The number of hydrogen-bond donors (Lipinski definition) is 0. The average molecular weight is 274 g/mol. The molecule has 98 valence electrons. The molecule has 0 atom stereocenters. The minimum Gasteiger partial charge on any atom is -0.293 e. The number of carbonyl (C=O) groups excluding carboxylic acids is 1. The molecule has 0 aromatic heterocycles. The highest BCUT2D eigenvalue weighted by molar-refractivity contribution is 8.00. The van der Waals surface area contributed by atoms with Crippen molar-refractivity contribution in [2.45, 2.75) is 18.7 Å². The molecule has 0 heterocycles. The van der Waals surface area contributed by atoms with E-state index in [2.05, 4.69) is 0 Å². The fraction of sp³-hybridized carbons (Fsp3) is 0.188. The van der Waals surface area contributed by atoms with Crippen molar-refractivity contribution in [2.75, 3.05) is 5.75 Å². The lowest BCUT2D eigenvalue weighted by atomic mass is 10.0. The number of thioether (sulfide) groups is 1. The number of Topliss-reactive ketones (excluding diaryl/α,β-unsaturated/α-hetero) is 1. The van der Waals surface area contributed by atoms with Crippen LogP contribution in [0.1, 0.15) is 21.5 Å². The molecule has 0 fully saturated rings. The van der Waals surface area contributed by atoms with Crippen LogP contribution in [0.3, 0.4) is 0 Å². The van der Waals surface area contributed by atoms with Gasteiger partial charge in [-0.15, -0.1) is 11.8 Å². The Kier molecular flexibility index (Phi) is 4.38. The molecule has 0 amide bonds. The van der Waals surface area contributed by atoms with E-state index >= 15 is 0 Å². The van der Waals surface area contributed by atoms with Crippen molar-refractivity contribution in [3.8, 4) is 0 Å². The van der Waals surface area contributed by atoms with Crippen LogP contribution in [-0.2, 0) is 0 Å². The summed E-state index contributed by atoms with van der Waals surface area (Å²) in [7, 11) is 0. The molecule has 0 unspecified atom stereocenters. The number of hydrogen-bond acceptors (Lipinski definition) is 2. The molecule has 0 aliphatic rings. The van der Waals surface area contributed by atoms with Crippen LogP contribution in [0.4, 0.5) is 4.39 Å². The minimum atomic E-state index is -0.277. The van der Waals surface area contributed by atoms with E-state index in [0.717, 1.165) is 16.7 Å². The predicted molar refractivity (Wildman–Crippen MR) is 77.4 cm³/mol. The Morgan fingerprint density at radius 2 is 1.84 bits per heavy atom. The third kappa shape index (κ3) is 3.24. The van der Waals surface area contributed by atoms with Gasteiger partial charge in [-0.2, -0.15) is 0 Å². The highest BCUT2D eigenvalue weighted by atomic mass is 32.2. The molecular weight excluding hydrogens is 259 g/mol. The zero-order valence-electron chi connectivity index (χ0n) is 10.9. The summed E-state index contributed by atoms with van der Waals surface area (Å²) in [5, 5.41) is 0. The molecule has 2 aromatic carbocycles. The highest BCUT2D eigenvalue weighted by Crippen LogP contribution is 2.23. The van der Waals surface area contributed by atoms with Crippen molar-refractivity contribution < 1.29 is 9.18 Å². The second-order valence-corrected chi connectivity index (χ2v) is 5.41. The van der Waals surface area contributed by atoms with E-state index in [9.17, 15) is 9.18 Å². The first-order valence-electron chi connectivity index (χ1n) is 6.06. The lowest BCUT2D eigenvalue weighted by Crippen LogP contribution is -2.05. The lowest BCUT2D eigenvalue weighted by Gasteiger charge is -2.07. The summed E-state index contributed by atoms with van der Waals surface area (Å²) in [4.78, 5) is 12.7. The molecule has 1 nitrogen and oxygen atoms in total. The van der Waals surface area contributed by atoms with Gasteiger partial charge in [0.2, 0.25) is 0 Å². The van der Waals surface area contributed by atoms with Gasteiger partial charge in [0, 0.05) is 10.5 Å². The molecule has 0 radical (unpaired) electrons. The van der Waals surface area contributed by atoms with E-state index in [4.69, 9.17) is 0 Å². The van der Waals surface area contributed by atoms with Crippen LogP contribution in [0.15, 0.2) is 47.4 Å². The zero-order chi connectivity index (χ0) is 13.8. The Bertz CT molecular complexity index is 607. The first kappa shape index (κ1) is 13.8. The van der Waals surface area contributed by atoms with Crippen molar-refractivity contribution in [1.82, 2.24) is 0 Å². The van der Waals surface area contributed by atoms with Gasteiger partial charge in [-0.3, -0.25) is 4.79 Å². The fourth-order valence-corrected chi connectivity index (χ4v) is 2.66. The minimum absolute atomic E-state index is 0.0365. The topological polar surface area (TPSA) is 17.1 Å². The van der Waals surface area contributed by atoms with Gasteiger partial charge in [-0.05, 0) is 37.1 Å². The molecule has 2 rings (SSSR count). The normalized spacial score (nSPS) is 10.5. The summed E-state index contributed by atoms with van der Waals surface area (Å²) < 4.78 is 13.5. The summed E-state index contributed by atoms with van der Waals surface area (Å²) in [5.41, 5.74) is 2.83. The maximum absolute atomic E-state index is 13.5. The Morgan fingerprint density at radius 1 is 1.11 bits per heavy atom. The van der Waals surface area contributed by atoms with Crippen LogP contribution >= 0.6 is 11.8 Å².